The van der Waals surface area contributed by atoms with Crippen molar-refractivity contribution in [3.8, 4) is 6.07 Å². The van der Waals surface area contributed by atoms with E-state index in [9.17, 15) is 26.7 Å². The van der Waals surface area contributed by atoms with Crippen molar-refractivity contribution in [2.45, 2.75) is 12.6 Å². The fraction of sp³-hybridized carbons (Fsp3) is 0.222. The number of hydrogen-bond donors (Lipinski definition) is 0. The lowest BCUT2D eigenvalue weighted by Gasteiger charge is -2.10. The predicted molar refractivity (Wildman–Crippen MR) is 44.3 cm³/mol. The number of hydrogen-bond acceptors (Lipinski definition) is 3. The van der Waals surface area contributed by atoms with Gasteiger partial charge in [-0.2, -0.15) is 18.4 Å². The van der Waals surface area contributed by atoms with Crippen LogP contribution >= 0.6 is 0 Å². The topological polar surface area (TPSA) is 53.8 Å². The lowest BCUT2D eigenvalue weighted by Crippen LogP contribution is -2.13. The molecule has 1 rings (SSSR count). The zero-order chi connectivity index (χ0) is 13.2. The summed E-state index contributed by atoms with van der Waals surface area (Å²) in [6.45, 7) is 0. The van der Waals surface area contributed by atoms with Gasteiger partial charge in [0.2, 0.25) is 0 Å². The summed E-state index contributed by atoms with van der Waals surface area (Å²) in [6.07, 6.45) is -8.40. The van der Waals surface area contributed by atoms with Crippen molar-refractivity contribution in [1.82, 2.24) is 4.98 Å². The standard InChI is InChI=1S/C9H3F5N2O/c10-8(11)7-4(2-15)1-6(9(12,13)14)16-5(7)3-17/h1,3,8H. The van der Waals surface area contributed by atoms with E-state index in [2.05, 4.69) is 4.98 Å². The van der Waals surface area contributed by atoms with Crippen molar-refractivity contribution >= 4 is 6.29 Å². The Balaban J connectivity index is 3.58. The van der Waals surface area contributed by atoms with Crippen LogP contribution < -0.4 is 0 Å². The van der Waals surface area contributed by atoms with Crippen LogP contribution in [0.15, 0.2) is 6.07 Å². The molecule has 17 heavy (non-hydrogen) atoms. The van der Waals surface area contributed by atoms with Crippen molar-refractivity contribution in [3.63, 3.8) is 0 Å². The number of nitrogens with zero attached hydrogens (tertiary/aromatic N) is 2. The summed E-state index contributed by atoms with van der Waals surface area (Å²) < 4.78 is 61.8. The lowest BCUT2D eigenvalue weighted by atomic mass is 10.1. The monoisotopic (exact) mass is 250 g/mol. The van der Waals surface area contributed by atoms with Crippen molar-refractivity contribution in [3.05, 3.63) is 28.6 Å². The Kier molecular flexibility index (Phi) is 3.41. The van der Waals surface area contributed by atoms with Crippen LogP contribution in [0.4, 0.5) is 22.0 Å². The zero-order valence-corrected chi connectivity index (χ0v) is 7.92. The highest BCUT2D eigenvalue weighted by Gasteiger charge is 2.35. The number of carbonyl (C=O) groups is 1. The highest BCUT2D eigenvalue weighted by atomic mass is 19.4. The lowest BCUT2D eigenvalue weighted by molar-refractivity contribution is -0.141. The molecule has 90 valence electrons. The molecule has 0 bridgehead atoms. The van der Waals surface area contributed by atoms with Gasteiger partial charge in [-0.25, -0.2) is 13.8 Å². The smallest absolute Gasteiger partial charge is 0.296 e. The van der Waals surface area contributed by atoms with Crippen molar-refractivity contribution in [2.24, 2.45) is 0 Å². The summed E-state index contributed by atoms with van der Waals surface area (Å²) in [4.78, 5) is 13.2. The van der Waals surface area contributed by atoms with Gasteiger partial charge in [0.25, 0.3) is 6.43 Å². The maximum atomic E-state index is 12.5. The quantitative estimate of drug-likeness (QED) is 0.599. The van der Waals surface area contributed by atoms with Crippen LogP contribution in [0.3, 0.4) is 0 Å². The van der Waals surface area contributed by atoms with Crippen LogP contribution in [0.1, 0.15) is 33.7 Å². The van der Waals surface area contributed by atoms with Crippen LogP contribution in [-0.2, 0) is 6.18 Å². The second-order valence-electron chi connectivity index (χ2n) is 2.88. The number of aromatic nitrogens is 1. The van der Waals surface area contributed by atoms with Gasteiger partial charge in [0, 0.05) is 0 Å². The van der Waals surface area contributed by atoms with Gasteiger partial charge in [-0.1, -0.05) is 0 Å². The maximum absolute atomic E-state index is 12.5. The molecule has 8 heteroatoms. The molecule has 1 heterocycles. The van der Waals surface area contributed by atoms with E-state index in [0.717, 1.165) is 0 Å². The molecule has 0 N–H and O–H groups in total. The van der Waals surface area contributed by atoms with E-state index >= 15 is 0 Å². The predicted octanol–water partition coefficient (Wildman–Crippen LogP) is 2.72. The minimum absolute atomic E-state index is 0.189. The third-order valence-corrected chi connectivity index (χ3v) is 1.83. The van der Waals surface area contributed by atoms with Crippen LogP contribution in [0.2, 0.25) is 0 Å². The first-order valence-corrected chi connectivity index (χ1v) is 4.06. The SMILES string of the molecule is N#Cc1cc(C(F)(F)F)nc(C=O)c1C(F)F. The van der Waals surface area contributed by atoms with Gasteiger partial charge >= 0.3 is 6.18 Å². The van der Waals surface area contributed by atoms with Gasteiger partial charge < -0.3 is 0 Å². The number of nitriles is 1. The van der Waals surface area contributed by atoms with Crippen LogP contribution in [0, 0.1) is 11.3 Å². The highest BCUT2D eigenvalue weighted by molar-refractivity contribution is 5.76. The van der Waals surface area contributed by atoms with E-state index in [1.807, 2.05) is 0 Å². The molecule has 0 saturated carbocycles. The van der Waals surface area contributed by atoms with Crippen molar-refractivity contribution in [1.29, 1.82) is 5.26 Å². The van der Waals surface area contributed by atoms with Gasteiger partial charge in [-0.3, -0.25) is 4.79 Å². The zero-order valence-electron chi connectivity index (χ0n) is 7.92. The first kappa shape index (κ1) is 13.0. The van der Waals surface area contributed by atoms with Crippen LogP contribution in [0.5, 0.6) is 0 Å². The second kappa shape index (κ2) is 4.45. The first-order chi connectivity index (χ1) is 7.81. The molecule has 1 aromatic rings. The number of alkyl halides is 5. The molecule has 0 fully saturated rings. The summed E-state index contributed by atoms with van der Waals surface area (Å²) in [5.74, 6) is 0. The molecule has 0 aliphatic heterocycles. The van der Waals surface area contributed by atoms with Crippen molar-refractivity contribution in [2.75, 3.05) is 0 Å². The summed E-state index contributed by atoms with van der Waals surface area (Å²) >= 11 is 0. The summed E-state index contributed by atoms with van der Waals surface area (Å²) in [6, 6.07) is 1.37. The third-order valence-electron chi connectivity index (χ3n) is 1.83. The Morgan fingerprint density at radius 3 is 2.35 bits per heavy atom. The van der Waals surface area contributed by atoms with Crippen molar-refractivity contribution < 1.29 is 26.7 Å². The molecule has 0 spiro atoms. The highest BCUT2D eigenvalue weighted by Crippen LogP contribution is 2.32. The summed E-state index contributed by atoms with van der Waals surface area (Å²) in [5.41, 5.74) is -4.63. The molecule has 0 saturated heterocycles. The Bertz CT molecular complexity index is 489. The number of halogens is 5. The molecular weight excluding hydrogens is 247 g/mol. The number of carbonyl (C=O) groups excluding carboxylic acids is 1. The molecule has 0 aliphatic carbocycles. The minimum Gasteiger partial charge on any atom is -0.296 e. The van der Waals surface area contributed by atoms with Gasteiger partial charge in [0.05, 0.1) is 17.2 Å². The van der Waals surface area contributed by atoms with Gasteiger partial charge in [0.1, 0.15) is 11.4 Å². The normalized spacial score (nSPS) is 11.4. The van der Waals surface area contributed by atoms with E-state index in [0.29, 0.717) is 0 Å². The average Bonchev–Trinajstić information content (AvgIpc) is 2.25. The van der Waals surface area contributed by atoms with Gasteiger partial charge in [-0.15, -0.1) is 0 Å². The third kappa shape index (κ3) is 2.55. The molecule has 0 radical (unpaired) electrons. The average molecular weight is 250 g/mol. The molecule has 0 unspecified atom stereocenters. The van der Waals surface area contributed by atoms with E-state index in [4.69, 9.17) is 5.26 Å². The first-order valence-electron chi connectivity index (χ1n) is 4.06. The Hall–Kier alpha value is -2.04. The Morgan fingerprint density at radius 2 is 2.00 bits per heavy atom. The van der Waals surface area contributed by atoms with E-state index in [1.54, 1.807) is 0 Å². The fourth-order valence-electron chi connectivity index (χ4n) is 1.13. The van der Waals surface area contributed by atoms with Gasteiger partial charge in [-0.05, 0) is 6.07 Å². The second-order valence-corrected chi connectivity index (χ2v) is 2.88. The minimum atomic E-state index is -4.91. The summed E-state index contributed by atoms with van der Waals surface area (Å²) in [5, 5.41) is 8.48. The number of pyridine rings is 1. The Morgan fingerprint density at radius 1 is 1.41 bits per heavy atom. The molecular formula is C9H3F5N2O. The maximum Gasteiger partial charge on any atom is 0.433 e. The van der Waals surface area contributed by atoms with Crippen LogP contribution in [0.25, 0.3) is 0 Å². The van der Waals surface area contributed by atoms with Gasteiger partial charge in [0.15, 0.2) is 6.29 Å². The van der Waals surface area contributed by atoms with E-state index in [-0.39, 0.29) is 12.4 Å². The molecule has 0 aliphatic rings. The number of rotatable bonds is 2. The fourth-order valence-corrected chi connectivity index (χ4v) is 1.13. The molecule has 0 amide bonds. The molecule has 3 nitrogen and oxygen atoms in total. The van der Waals surface area contributed by atoms with Crippen LogP contribution in [-0.4, -0.2) is 11.3 Å². The molecule has 0 atom stereocenters. The largest absolute Gasteiger partial charge is 0.433 e. The Labute approximate surface area is 91.5 Å². The summed E-state index contributed by atoms with van der Waals surface area (Å²) in [7, 11) is 0. The number of aldehydes is 1. The molecule has 0 aromatic carbocycles. The molecule has 1 aromatic heterocycles. The van der Waals surface area contributed by atoms with E-state index < -0.39 is 35.1 Å². The van der Waals surface area contributed by atoms with E-state index in [1.165, 1.54) is 6.07 Å².